The quantitative estimate of drug-likeness (QED) is 0.663. The molecule has 2 N–H and O–H groups in total. The molecule has 1 aromatic heterocycles. The maximum absolute atomic E-state index is 4.43. The number of guanidine groups is 1. The molecule has 2 unspecified atom stereocenters. The summed E-state index contributed by atoms with van der Waals surface area (Å²) in [6, 6.07) is 0.562. The molecule has 1 saturated carbocycles. The minimum absolute atomic E-state index is 0.562. The van der Waals surface area contributed by atoms with Crippen LogP contribution in [0.4, 0.5) is 0 Å². The highest BCUT2D eigenvalue weighted by atomic mass is 32.1. The molecule has 0 aromatic carbocycles. The first-order valence-electron chi connectivity index (χ1n) is 7.62. The predicted molar refractivity (Wildman–Crippen MR) is 86.2 cm³/mol. The molecule has 1 aliphatic carbocycles. The lowest BCUT2D eigenvalue weighted by molar-refractivity contribution is 0.324. The Morgan fingerprint density at radius 2 is 2.35 bits per heavy atom. The lowest BCUT2D eigenvalue weighted by Crippen LogP contribution is -2.44. The van der Waals surface area contributed by atoms with E-state index in [0.717, 1.165) is 29.9 Å². The largest absolute Gasteiger partial charge is 0.354 e. The Morgan fingerprint density at radius 1 is 1.50 bits per heavy atom. The van der Waals surface area contributed by atoms with Gasteiger partial charge in [0.05, 0.1) is 6.54 Å². The van der Waals surface area contributed by atoms with Crippen LogP contribution in [0.15, 0.2) is 11.2 Å². The molecule has 112 valence electrons. The molecule has 2 rings (SSSR count). The third kappa shape index (κ3) is 4.47. The van der Waals surface area contributed by atoms with Crippen LogP contribution >= 0.6 is 11.3 Å². The summed E-state index contributed by atoms with van der Waals surface area (Å²) in [4.78, 5) is 10.1. The normalized spacial score (nSPS) is 23.6. The number of aryl methyl sites for hydroxylation is 1. The minimum Gasteiger partial charge on any atom is -0.354 e. The fourth-order valence-corrected chi connectivity index (χ4v) is 3.51. The van der Waals surface area contributed by atoms with Gasteiger partial charge < -0.3 is 10.6 Å². The fraction of sp³-hybridized carbons (Fsp3) is 0.733. The van der Waals surface area contributed by atoms with Gasteiger partial charge in [-0.1, -0.05) is 26.7 Å². The second-order valence-electron chi connectivity index (χ2n) is 5.61. The van der Waals surface area contributed by atoms with E-state index >= 15 is 0 Å². The second-order valence-corrected chi connectivity index (χ2v) is 6.81. The molecule has 20 heavy (non-hydrogen) atoms. The summed E-state index contributed by atoms with van der Waals surface area (Å²) in [5.41, 5.74) is 0. The van der Waals surface area contributed by atoms with Gasteiger partial charge in [0.2, 0.25) is 0 Å². The van der Waals surface area contributed by atoms with E-state index in [2.05, 4.69) is 34.5 Å². The monoisotopic (exact) mass is 294 g/mol. The van der Waals surface area contributed by atoms with Crippen LogP contribution in [-0.4, -0.2) is 24.0 Å². The Labute approximate surface area is 126 Å². The van der Waals surface area contributed by atoms with Crippen molar-refractivity contribution in [2.45, 2.75) is 58.5 Å². The van der Waals surface area contributed by atoms with Crippen molar-refractivity contribution < 1.29 is 0 Å². The van der Waals surface area contributed by atoms with Crippen molar-refractivity contribution in [3.8, 4) is 0 Å². The number of rotatable bonds is 4. The van der Waals surface area contributed by atoms with E-state index in [1.165, 1.54) is 30.6 Å². The molecule has 0 aliphatic heterocycles. The maximum Gasteiger partial charge on any atom is 0.191 e. The molecule has 0 amide bonds. The maximum atomic E-state index is 4.43. The minimum atomic E-state index is 0.562. The number of hydrogen-bond donors (Lipinski definition) is 2. The van der Waals surface area contributed by atoms with E-state index in [0.29, 0.717) is 6.04 Å². The summed E-state index contributed by atoms with van der Waals surface area (Å²) in [7, 11) is 1.83. The van der Waals surface area contributed by atoms with Gasteiger partial charge in [0, 0.05) is 24.2 Å². The predicted octanol–water partition coefficient (Wildman–Crippen LogP) is 2.95. The average molecular weight is 294 g/mol. The molecule has 1 heterocycles. The Bertz CT molecular complexity index is 441. The SMILES string of the molecule is CCc1cnc(CNC(=NC)NC2CCCC(C)C2)s1. The van der Waals surface area contributed by atoms with Crippen molar-refractivity contribution in [3.63, 3.8) is 0 Å². The van der Waals surface area contributed by atoms with Gasteiger partial charge in [-0.05, 0) is 25.2 Å². The first-order chi connectivity index (χ1) is 9.71. The molecular formula is C15H26N4S. The Kier molecular flexibility index (Phi) is 5.83. The van der Waals surface area contributed by atoms with E-state index < -0.39 is 0 Å². The number of hydrogen-bond acceptors (Lipinski definition) is 3. The lowest BCUT2D eigenvalue weighted by Gasteiger charge is -2.28. The van der Waals surface area contributed by atoms with E-state index in [-0.39, 0.29) is 0 Å². The highest BCUT2D eigenvalue weighted by Gasteiger charge is 2.19. The Morgan fingerprint density at radius 3 is 3.00 bits per heavy atom. The van der Waals surface area contributed by atoms with E-state index in [9.17, 15) is 0 Å². The second kappa shape index (κ2) is 7.62. The molecule has 1 fully saturated rings. The zero-order valence-electron chi connectivity index (χ0n) is 12.8. The highest BCUT2D eigenvalue weighted by Crippen LogP contribution is 2.23. The number of thiazole rings is 1. The molecule has 0 radical (unpaired) electrons. The summed E-state index contributed by atoms with van der Waals surface area (Å²) in [6.45, 7) is 5.26. The zero-order valence-corrected chi connectivity index (χ0v) is 13.6. The summed E-state index contributed by atoms with van der Waals surface area (Å²) in [6.07, 6.45) is 8.22. The summed E-state index contributed by atoms with van der Waals surface area (Å²) in [5, 5.41) is 8.04. The molecular weight excluding hydrogens is 268 g/mol. The first-order valence-corrected chi connectivity index (χ1v) is 8.43. The summed E-state index contributed by atoms with van der Waals surface area (Å²) in [5.74, 6) is 1.72. The van der Waals surface area contributed by atoms with Crippen molar-refractivity contribution in [1.82, 2.24) is 15.6 Å². The molecule has 5 heteroatoms. The van der Waals surface area contributed by atoms with Crippen LogP contribution in [0.1, 0.15) is 49.4 Å². The van der Waals surface area contributed by atoms with Gasteiger partial charge >= 0.3 is 0 Å². The fourth-order valence-electron chi connectivity index (χ4n) is 2.71. The summed E-state index contributed by atoms with van der Waals surface area (Å²) < 4.78 is 0. The summed E-state index contributed by atoms with van der Waals surface area (Å²) >= 11 is 1.78. The standard InChI is InChI=1S/C15H26N4S/c1-4-13-9-17-14(20-13)10-18-15(16-3)19-12-7-5-6-11(2)8-12/h9,11-12H,4-8,10H2,1-3H3,(H2,16,18,19). The van der Waals surface area contributed by atoms with Gasteiger partial charge in [-0.3, -0.25) is 4.99 Å². The molecule has 1 aliphatic rings. The van der Waals surface area contributed by atoms with Crippen LogP contribution in [-0.2, 0) is 13.0 Å². The molecule has 0 bridgehead atoms. The van der Waals surface area contributed by atoms with E-state index in [1.807, 2.05) is 13.2 Å². The van der Waals surface area contributed by atoms with Crippen LogP contribution < -0.4 is 10.6 Å². The van der Waals surface area contributed by atoms with Crippen molar-refractivity contribution in [2.75, 3.05) is 7.05 Å². The number of nitrogens with zero attached hydrogens (tertiary/aromatic N) is 2. The molecule has 4 nitrogen and oxygen atoms in total. The van der Waals surface area contributed by atoms with E-state index in [4.69, 9.17) is 0 Å². The van der Waals surface area contributed by atoms with Gasteiger partial charge in [-0.2, -0.15) is 0 Å². The van der Waals surface area contributed by atoms with Gasteiger partial charge in [0.1, 0.15) is 5.01 Å². The van der Waals surface area contributed by atoms with Crippen molar-refractivity contribution >= 4 is 17.3 Å². The van der Waals surface area contributed by atoms with Crippen molar-refractivity contribution in [2.24, 2.45) is 10.9 Å². The molecule has 2 atom stereocenters. The average Bonchev–Trinajstić information content (AvgIpc) is 2.91. The van der Waals surface area contributed by atoms with Crippen LogP contribution in [0.5, 0.6) is 0 Å². The van der Waals surface area contributed by atoms with Gasteiger partial charge in [-0.25, -0.2) is 4.98 Å². The number of aromatic nitrogens is 1. The van der Waals surface area contributed by atoms with Crippen LogP contribution in [0.3, 0.4) is 0 Å². The highest BCUT2D eigenvalue weighted by molar-refractivity contribution is 7.11. The number of aliphatic imine (C=N–C) groups is 1. The van der Waals surface area contributed by atoms with Crippen LogP contribution in [0, 0.1) is 5.92 Å². The molecule has 0 spiro atoms. The topological polar surface area (TPSA) is 49.3 Å². The van der Waals surface area contributed by atoms with Crippen molar-refractivity contribution in [1.29, 1.82) is 0 Å². The van der Waals surface area contributed by atoms with Gasteiger partial charge in [0.15, 0.2) is 5.96 Å². The van der Waals surface area contributed by atoms with Crippen LogP contribution in [0.25, 0.3) is 0 Å². The van der Waals surface area contributed by atoms with Crippen LogP contribution in [0.2, 0.25) is 0 Å². The molecule has 0 saturated heterocycles. The Hall–Kier alpha value is -1.10. The van der Waals surface area contributed by atoms with Crippen molar-refractivity contribution in [3.05, 3.63) is 16.1 Å². The third-order valence-corrected chi connectivity index (χ3v) is 5.00. The lowest BCUT2D eigenvalue weighted by atomic mass is 9.87. The van der Waals surface area contributed by atoms with E-state index in [1.54, 1.807) is 11.3 Å². The Balaban J connectivity index is 1.80. The third-order valence-electron chi connectivity index (χ3n) is 3.86. The molecule has 1 aromatic rings. The van der Waals surface area contributed by atoms with Gasteiger partial charge in [-0.15, -0.1) is 11.3 Å². The first kappa shape index (κ1) is 15.3. The smallest absolute Gasteiger partial charge is 0.191 e. The number of nitrogens with one attached hydrogen (secondary N) is 2. The zero-order chi connectivity index (χ0) is 14.4. The van der Waals surface area contributed by atoms with Gasteiger partial charge in [0.25, 0.3) is 0 Å².